The Morgan fingerprint density at radius 3 is 2.54 bits per heavy atom. The molecule has 24 heavy (non-hydrogen) atoms. The van der Waals surface area contributed by atoms with Crippen LogP contribution in [-0.2, 0) is 4.79 Å². The van der Waals surface area contributed by atoms with Gasteiger partial charge in [-0.1, -0.05) is 30.3 Å². The van der Waals surface area contributed by atoms with Gasteiger partial charge < -0.3 is 9.64 Å². The number of thioether (sulfide) groups is 1. The number of benzene rings is 2. The summed E-state index contributed by atoms with van der Waals surface area (Å²) in [6, 6.07) is 16.3. The molecule has 122 valence electrons. The minimum Gasteiger partial charge on any atom is -0.497 e. The van der Waals surface area contributed by atoms with Crippen LogP contribution in [0.4, 0.5) is 5.69 Å². The van der Waals surface area contributed by atoms with Crippen molar-refractivity contribution in [1.82, 2.24) is 0 Å². The third-order valence-electron chi connectivity index (χ3n) is 4.95. The van der Waals surface area contributed by atoms with Gasteiger partial charge in [0, 0.05) is 23.3 Å². The summed E-state index contributed by atoms with van der Waals surface area (Å²) in [7, 11) is 3.55. The molecule has 1 amide bonds. The minimum atomic E-state index is -0.469. The number of carbonyl (C=O) groups excluding carboxylic acids is 1. The van der Waals surface area contributed by atoms with Gasteiger partial charge in [0.05, 0.1) is 18.2 Å². The first-order chi connectivity index (χ1) is 11.6. The Morgan fingerprint density at radius 1 is 1.12 bits per heavy atom. The summed E-state index contributed by atoms with van der Waals surface area (Å²) in [5, 5.41) is 0. The second-order valence-electron chi connectivity index (χ2n) is 6.43. The highest BCUT2D eigenvalue weighted by Gasteiger charge is 2.50. The van der Waals surface area contributed by atoms with Gasteiger partial charge in [0.15, 0.2) is 0 Å². The Kier molecular flexibility index (Phi) is 3.46. The number of methoxy groups -OCH3 is 1. The first-order valence-corrected chi connectivity index (χ1v) is 8.94. The summed E-state index contributed by atoms with van der Waals surface area (Å²) in [6.45, 7) is 2.07. The van der Waals surface area contributed by atoms with Gasteiger partial charge in [0.2, 0.25) is 5.91 Å². The van der Waals surface area contributed by atoms with Gasteiger partial charge in [-0.05, 0) is 36.3 Å². The number of hydrogen-bond donors (Lipinski definition) is 0. The lowest BCUT2D eigenvalue weighted by atomic mass is 9.74. The smallest absolute Gasteiger partial charge is 0.238 e. The Balaban J connectivity index is 1.96. The van der Waals surface area contributed by atoms with Crippen LogP contribution in [-0.4, -0.2) is 25.8 Å². The second kappa shape index (κ2) is 5.42. The molecule has 4 heteroatoms. The molecule has 0 saturated carbocycles. The van der Waals surface area contributed by atoms with Crippen molar-refractivity contribution in [3.63, 3.8) is 0 Å². The molecule has 0 aromatic heterocycles. The number of amides is 1. The van der Waals surface area contributed by atoms with E-state index in [0.717, 1.165) is 33.9 Å². The quantitative estimate of drug-likeness (QED) is 0.818. The van der Waals surface area contributed by atoms with E-state index in [4.69, 9.17) is 4.74 Å². The van der Waals surface area contributed by atoms with Crippen LogP contribution >= 0.6 is 11.8 Å². The lowest BCUT2D eigenvalue weighted by molar-refractivity contribution is -0.123. The third kappa shape index (κ3) is 2.02. The molecular weight excluding hydrogens is 318 g/mol. The zero-order chi connectivity index (χ0) is 16.9. The Hall–Kier alpha value is -2.20. The van der Waals surface area contributed by atoms with E-state index in [9.17, 15) is 4.79 Å². The molecule has 2 aromatic carbocycles. The van der Waals surface area contributed by atoms with Crippen LogP contribution in [0.2, 0.25) is 0 Å². The number of ether oxygens (including phenoxy) is 1. The van der Waals surface area contributed by atoms with Gasteiger partial charge in [-0.25, -0.2) is 0 Å². The highest BCUT2D eigenvalue weighted by Crippen LogP contribution is 2.58. The molecule has 0 radical (unpaired) electrons. The van der Waals surface area contributed by atoms with Crippen LogP contribution in [0.3, 0.4) is 0 Å². The van der Waals surface area contributed by atoms with E-state index in [2.05, 4.69) is 25.1 Å². The number of rotatable bonds is 2. The minimum absolute atomic E-state index is 0.173. The number of nitrogens with zero attached hydrogens (tertiary/aromatic N) is 1. The molecule has 2 aliphatic rings. The van der Waals surface area contributed by atoms with Crippen LogP contribution in [0.25, 0.3) is 10.5 Å². The molecule has 0 bridgehead atoms. The van der Waals surface area contributed by atoms with Crippen molar-refractivity contribution in [1.29, 1.82) is 0 Å². The summed E-state index contributed by atoms with van der Waals surface area (Å²) in [5.41, 5.74) is 3.99. The predicted octanol–water partition coefficient (Wildman–Crippen LogP) is 4.29. The van der Waals surface area contributed by atoms with Crippen molar-refractivity contribution in [2.45, 2.75) is 6.92 Å². The largest absolute Gasteiger partial charge is 0.497 e. The molecule has 2 heterocycles. The molecular formula is C20H19NO2S. The van der Waals surface area contributed by atoms with Crippen LogP contribution < -0.4 is 9.64 Å². The highest BCUT2D eigenvalue weighted by molar-refractivity contribution is 8.09. The molecule has 0 aliphatic carbocycles. The van der Waals surface area contributed by atoms with Crippen molar-refractivity contribution < 1.29 is 9.53 Å². The third-order valence-corrected chi connectivity index (χ3v) is 6.40. The second-order valence-corrected chi connectivity index (χ2v) is 7.42. The maximum Gasteiger partial charge on any atom is 0.238 e. The summed E-state index contributed by atoms with van der Waals surface area (Å²) in [4.78, 5) is 16.0. The lowest BCUT2D eigenvalue weighted by Gasteiger charge is -2.38. The molecule has 4 rings (SSSR count). The van der Waals surface area contributed by atoms with E-state index in [1.165, 1.54) is 4.91 Å². The Labute approximate surface area is 146 Å². The van der Waals surface area contributed by atoms with Crippen molar-refractivity contribution in [2.24, 2.45) is 5.41 Å². The van der Waals surface area contributed by atoms with E-state index >= 15 is 0 Å². The Morgan fingerprint density at radius 2 is 1.83 bits per heavy atom. The average Bonchev–Trinajstić information content (AvgIpc) is 2.99. The predicted molar refractivity (Wildman–Crippen MR) is 100 cm³/mol. The van der Waals surface area contributed by atoms with Crippen LogP contribution in [0.5, 0.6) is 5.75 Å². The van der Waals surface area contributed by atoms with E-state index in [1.54, 1.807) is 23.8 Å². The highest BCUT2D eigenvalue weighted by atomic mass is 32.2. The molecule has 0 spiro atoms. The standard InChI is InChI=1S/C20H19NO2S/c1-20-12-24-18(13-8-10-14(23-3)11-9-13)17(20)15-6-4-5-7-16(15)21(2)19(20)22/h4-11H,12H2,1-3H3. The van der Waals surface area contributed by atoms with Gasteiger partial charge in [-0.15, -0.1) is 11.8 Å². The maximum atomic E-state index is 13.0. The van der Waals surface area contributed by atoms with Gasteiger partial charge in [-0.3, -0.25) is 4.79 Å². The fourth-order valence-corrected chi connectivity index (χ4v) is 5.11. The summed E-state index contributed by atoms with van der Waals surface area (Å²) in [5.74, 6) is 1.79. The number of anilines is 1. The van der Waals surface area contributed by atoms with E-state index in [1.807, 2.05) is 37.4 Å². The van der Waals surface area contributed by atoms with Crippen molar-refractivity contribution in [2.75, 3.05) is 24.8 Å². The van der Waals surface area contributed by atoms with Gasteiger partial charge in [0.1, 0.15) is 5.75 Å². The monoisotopic (exact) mass is 337 g/mol. The molecule has 1 unspecified atom stereocenters. The van der Waals surface area contributed by atoms with E-state index in [-0.39, 0.29) is 5.91 Å². The van der Waals surface area contributed by atoms with Crippen molar-refractivity contribution >= 4 is 33.8 Å². The molecule has 1 atom stereocenters. The summed E-state index contributed by atoms with van der Waals surface area (Å²) < 4.78 is 5.26. The molecule has 0 fully saturated rings. The first kappa shape index (κ1) is 15.3. The number of fused-ring (bicyclic) bond motifs is 3. The number of carbonyl (C=O) groups is 1. The van der Waals surface area contributed by atoms with Gasteiger partial charge in [0.25, 0.3) is 0 Å². The molecule has 0 N–H and O–H groups in total. The van der Waals surface area contributed by atoms with Crippen molar-refractivity contribution in [3.8, 4) is 5.75 Å². The average molecular weight is 337 g/mol. The molecule has 2 aliphatic heterocycles. The van der Waals surface area contributed by atoms with Gasteiger partial charge in [-0.2, -0.15) is 0 Å². The molecule has 0 saturated heterocycles. The van der Waals surface area contributed by atoms with E-state index in [0.29, 0.717) is 0 Å². The summed E-state index contributed by atoms with van der Waals surface area (Å²) in [6.07, 6.45) is 0. The van der Waals surface area contributed by atoms with Crippen LogP contribution in [0.15, 0.2) is 48.5 Å². The van der Waals surface area contributed by atoms with Crippen LogP contribution in [0, 0.1) is 5.41 Å². The topological polar surface area (TPSA) is 29.5 Å². The normalized spacial score (nSPS) is 22.5. The Bertz CT molecular complexity index is 856. The summed E-state index contributed by atoms with van der Waals surface area (Å²) >= 11 is 1.77. The van der Waals surface area contributed by atoms with Crippen LogP contribution in [0.1, 0.15) is 18.1 Å². The lowest BCUT2D eigenvalue weighted by Crippen LogP contribution is -2.45. The number of hydrogen-bond acceptors (Lipinski definition) is 3. The molecule has 3 nitrogen and oxygen atoms in total. The number of para-hydroxylation sites is 1. The van der Waals surface area contributed by atoms with Gasteiger partial charge >= 0.3 is 0 Å². The zero-order valence-corrected chi connectivity index (χ0v) is 14.8. The zero-order valence-electron chi connectivity index (χ0n) is 14.0. The first-order valence-electron chi connectivity index (χ1n) is 7.96. The fourth-order valence-electron chi connectivity index (χ4n) is 3.63. The maximum absolute atomic E-state index is 13.0. The SMILES string of the molecule is COc1ccc(C2=C3c4ccccc4N(C)C(=O)C3(C)CS2)cc1. The van der Waals surface area contributed by atoms with E-state index < -0.39 is 5.41 Å². The van der Waals surface area contributed by atoms with Crippen molar-refractivity contribution in [3.05, 3.63) is 59.7 Å². The molecule has 2 aromatic rings. The fraction of sp³-hybridized carbons (Fsp3) is 0.250.